The van der Waals surface area contributed by atoms with Gasteiger partial charge in [-0.2, -0.15) is 0 Å². The number of H-pyrrole nitrogens is 1. The molecule has 4 nitrogen and oxygen atoms in total. The molecule has 0 unspecified atom stereocenters. The van der Waals surface area contributed by atoms with Gasteiger partial charge >= 0.3 is 5.63 Å². The third-order valence-corrected chi connectivity index (χ3v) is 1.76. The largest absolute Gasteiger partial charge is 0.366 e. The molecule has 0 aliphatic heterocycles. The summed E-state index contributed by atoms with van der Waals surface area (Å²) in [6, 6.07) is 0. The van der Waals surface area contributed by atoms with E-state index in [4.69, 9.17) is 28.6 Å². The van der Waals surface area contributed by atoms with Crippen LogP contribution < -0.4 is 5.63 Å². The lowest BCUT2D eigenvalue weighted by Gasteiger charge is -1.97. The quantitative estimate of drug-likeness (QED) is 0.576. The summed E-state index contributed by atoms with van der Waals surface area (Å²) in [5, 5.41) is 9.49. The summed E-state index contributed by atoms with van der Waals surface area (Å²) in [5.74, 6) is 0. The molecule has 0 saturated carbocycles. The van der Waals surface area contributed by atoms with Crippen molar-refractivity contribution in [1.82, 2.24) is 5.16 Å². The standard InChI is InChI=1S/C6H6Cl2N2O2/c1-2(9)3-4(5(7)8)10-12-6(3)11/h5,9-10H,1H3. The molecule has 0 fully saturated rings. The lowest BCUT2D eigenvalue weighted by Crippen LogP contribution is -2.08. The molecule has 0 aliphatic carbocycles. The third kappa shape index (κ3) is 1.54. The first-order chi connectivity index (χ1) is 5.54. The topological polar surface area (TPSA) is 69.8 Å². The van der Waals surface area contributed by atoms with E-state index in [-0.39, 0.29) is 17.0 Å². The first kappa shape index (κ1) is 9.35. The van der Waals surface area contributed by atoms with Crippen molar-refractivity contribution >= 4 is 28.9 Å². The molecule has 6 heteroatoms. The van der Waals surface area contributed by atoms with Gasteiger partial charge in [0.25, 0.3) is 0 Å². The molecule has 1 heterocycles. The first-order valence-electron chi connectivity index (χ1n) is 3.09. The summed E-state index contributed by atoms with van der Waals surface area (Å²) in [4.78, 5) is 10.0. The van der Waals surface area contributed by atoms with Crippen molar-refractivity contribution < 1.29 is 4.52 Å². The molecule has 0 aliphatic rings. The van der Waals surface area contributed by atoms with Gasteiger partial charge in [0, 0.05) is 5.71 Å². The van der Waals surface area contributed by atoms with Crippen molar-refractivity contribution in [2.75, 3.05) is 0 Å². The Hall–Kier alpha value is -0.740. The van der Waals surface area contributed by atoms with Gasteiger partial charge in [-0.25, -0.2) is 9.95 Å². The Morgan fingerprint density at radius 3 is 2.58 bits per heavy atom. The minimum atomic E-state index is -0.883. The van der Waals surface area contributed by atoms with Crippen LogP contribution in [0, 0.1) is 5.41 Å². The van der Waals surface area contributed by atoms with Crippen LogP contribution in [0.5, 0.6) is 0 Å². The summed E-state index contributed by atoms with van der Waals surface area (Å²) in [5.41, 5.74) is -0.212. The molecule has 1 rings (SSSR count). The maximum Gasteiger partial charge on any atom is 0.366 e. The van der Waals surface area contributed by atoms with Crippen molar-refractivity contribution in [1.29, 1.82) is 5.41 Å². The van der Waals surface area contributed by atoms with Crippen molar-refractivity contribution in [2.45, 2.75) is 11.8 Å². The van der Waals surface area contributed by atoms with Gasteiger partial charge in [-0.1, -0.05) is 23.2 Å². The van der Waals surface area contributed by atoms with E-state index in [9.17, 15) is 4.79 Å². The molecule has 0 spiro atoms. The summed E-state index contributed by atoms with van der Waals surface area (Å²) in [7, 11) is 0. The molecule has 0 bridgehead atoms. The Labute approximate surface area is 77.9 Å². The molecule has 12 heavy (non-hydrogen) atoms. The van der Waals surface area contributed by atoms with Crippen LogP contribution >= 0.6 is 23.2 Å². The fraction of sp³-hybridized carbons (Fsp3) is 0.333. The van der Waals surface area contributed by atoms with Crippen molar-refractivity contribution in [3.8, 4) is 0 Å². The zero-order chi connectivity index (χ0) is 9.30. The zero-order valence-corrected chi connectivity index (χ0v) is 7.66. The number of alkyl halides is 2. The molecular weight excluding hydrogens is 203 g/mol. The average molecular weight is 209 g/mol. The van der Waals surface area contributed by atoms with Gasteiger partial charge in [0.1, 0.15) is 5.56 Å². The molecule has 2 N–H and O–H groups in total. The molecule has 1 aromatic rings. The van der Waals surface area contributed by atoms with Gasteiger partial charge in [-0.3, -0.25) is 0 Å². The van der Waals surface area contributed by atoms with E-state index < -0.39 is 10.5 Å². The van der Waals surface area contributed by atoms with E-state index in [0.717, 1.165) is 0 Å². The van der Waals surface area contributed by atoms with Gasteiger partial charge in [-0.15, -0.1) is 0 Å². The number of nitrogens with one attached hydrogen (secondary N) is 2. The zero-order valence-electron chi connectivity index (χ0n) is 6.15. The number of rotatable bonds is 2. The third-order valence-electron chi connectivity index (χ3n) is 1.32. The van der Waals surface area contributed by atoms with Crippen LogP contribution in [0.4, 0.5) is 0 Å². The molecule has 1 aromatic heterocycles. The molecule has 0 saturated heterocycles. The van der Waals surface area contributed by atoms with Gasteiger partial charge in [0.2, 0.25) is 0 Å². The second-order valence-corrected chi connectivity index (χ2v) is 3.30. The Kier molecular flexibility index (Phi) is 2.59. The van der Waals surface area contributed by atoms with Crippen LogP contribution in [0.25, 0.3) is 0 Å². The average Bonchev–Trinajstić information content (AvgIpc) is 2.30. The van der Waals surface area contributed by atoms with E-state index in [1.54, 1.807) is 0 Å². The highest BCUT2D eigenvalue weighted by Gasteiger charge is 2.18. The highest BCUT2D eigenvalue weighted by Crippen LogP contribution is 2.24. The maximum atomic E-state index is 10.9. The Balaban J connectivity index is 3.31. The number of halogens is 2. The van der Waals surface area contributed by atoms with Crippen LogP contribution in [-0.2, 0) is 0 Å². The van der Waals surface area contributed by atoms with E-state index in [0.29, 0.717) is 0 Å². The van der Waals surface area contributed by atoms with Gasteiger partial charge < -0.3 is 9.93 Å². The molecule has 66 valence electrons. The van der Waals surface area contributed by atoms with Gasteiger partial charge in [0.05, 0.1) is 5.69 Å². The summed E-state index contributed by atoms with van der Waals surface area (Å²) in [6.07, 6.45) is 0. The predicted molar refractivity (Wildman–Crippen MR) is 46.3 cm³/mol. The van der Waals surface area contributed by atoms with Crippen LogP contribution in [0.1, 0.15) is 23.0 Å². The second kappa shape index (κ2) is 3.33. The van der Waals surface area contributed by atoms with Crippen molar-refractivity contribution in [2.24, 2.45) is 0 Å². The van der Waals surface area contributed by atoms with Crippen molar-refractivity contribution in [3.05, 3.63) is 21.7 Å². The molecule has 0 amide bonds. The summed E-state index contributed by atoms with van der Waals surface area (Å²) in [6.45, 7) is 1.46. The maximum absolute atomic E-state index is 10.9. The smallest absolute Gasteiger partial charge is 0.338 e. The number of hydrogen-bond donors (Lipinski definition) is 2. The molecular formula is C6H6Cl2N2O2. The Morgan fingerprint density at radius 2 is 2.25 bits per heavy atom. The predicted octanol–water partition coefficient (Wildman–Crippen LogP) is 1.83. The van der Waals surface area contributed by atoms with Crippen LogP contribution in [0.2, 0.25) is 0 Å². The lowest BCUT2D eigenvalue weighted by atomic mass is 10.2. The van der Waals surface area contributed by atoms with E-state index in [2.05, 4.69) is 9.68 Å². The molecule has 0 radical (unpaired) electrons. The highest BCUT2D eigenvalue weighted by molar-refractivity contribution is 6.44. The SMILES string of the molecule is CC(=N)c1c(C(Cl)Cl)[nH]oc1=O. The molecule has 0 aromatic carbocycles. The Morgan fingerprint density at radius 1 is 1.67 bits per heavy atom. The normalized spacial score (nSPS) is 10.7. The number of aromatic nitrogens is 1. The van der Waals surface area contributed by atoms with Gasteiger partial charge in [0.15, 0.2) is 4.84 Å². The minimum absolute atomic E-state index is 0.0753. The molecule has 0 atom stereocenters. The van der Waals surface area contributed by atoms with Crippen LogP contribution in [-0.4, -0.2) is 10.9 Å². The highest BCUT2D eigenvalue weighted by atomic mass is 35.5. The minimum Gasteiger partial charge on any atom is -0.338 e. The summed E-state index contributed by atoms with van der Waals surface area (Å²) >= 11 is 11.0. The number of aromatic amines is 1. The van der Waals surface area contributed by atoms with Crippen LogP contribution in [0.15, 0.2) is 9.32 Å². The van der Waals surface area contributed by atoms with Crippen molar-refractivity contribution in [3.63, 3.8) is 0 Å². The Bertz CT molecular complexity index is 353. The first-order valence-corrected chi connectivity index (χ1v) is 3.96. The fourth-order valence-electron chi connectivity index (χ4n) is 0.822. The van der Waals surface area contributed by atoms with Gasteiger partial charge in [-0.05, 0) is 6.92 Å². The van der Waals surface area contributed by atoms with Crippen LogP contribution in [0.3, 0.4) is 0 Å². The lowest BCUT2D eigenvalue weighted by molar-refractivity contribution is 0.386. The second-order valence-electron chi connectivity index (χ2n) is 2.21. The monoisotopic (exact) mass is 208 g/mol. The fourth-order valence-corrected chi connectivity index (χ4v) is 1.13. The van der Waals surface area contributed by atoms with E-state index in [1.807, 2.05) is 0 Å². The van der Waals surface area contributed by atoms with E-state index in [1.165, 1.54) is 6.92 Å². The number of hydrogen-bond acceptors (Lipinski definition) is 3. The van der Waals surface area contributed by atoms with E-state index >= 15 is 0 Å². The summed E-state index contributed by atoms with van der Waals surface area (Å²) < 4.78 is 4.43.